The van der Waals surface area contributed by atoms with E-state index in [1.807, 2.05) is 0 Å². The van der Waals surface area contributed by atoms with Gasteiger partial charge in [0.05, 0.1) is 10.5 Å². The summed E-state index contributed by atoms with van der Waals surface area (Å²) in [6.45, 7) is 9.41. The van der Waals surface area contributed by atoms with E-state index < -0.39 is 4.92 Å². The summed E-state index contributed by atoms with van der Waals surface area (Å²) in [5, 5.41) is 10.9. The number of nitro benzene ring substituents is 1. The molecule has 0 N–H and O–H groups in total. The molecule has 0 unspecified atom stereocenters. The Morgan fingerprint density at radius 1 is 1.29 bits per heavy atom. The quantitative estimate of drug-likeness (QED) is 0.412. The highest BCUT2D eigenvalue weighted by Gasteiger charge is 2.20. The van der Waals surface area contributed by atoms with Gasteiger partial charge in [0.2, 0.25) is 0 Å². The van der Waals surface area contributed by atoms with Crippen LogP contribution in [0.15, 0.2) is 18.2 Å². The third kappa shape index (κ3) is 4.28. The largest absolute Gasteiger partial charge is 0.368 e. The van der Waals surface area contributed by atoms with E-state index in [0.717, 1.165) is 25.1 Å². The molecule has 0 radical (unpaired) electrons. The summed E-state index contributed by atoms with van der Waals surface area (Å²) in [6, 6.07) is 5.17. The molecule has 21 heavy (non-hydrogen) atoms. The van der Waals surface area contributed by atoms with Crippen molar-refractivity contribution in [3.63, 3.8) is 0 Å². The van der Waals surface area contributed by atoms with Crippen LogP contribution >= 0.6 is 0 Å². The van der Waals surface area contributed by atoms with Crippen LogP contribution in [0.4, 0.5) is 11.4 Å². The third-order valence-electron chi connectivity index (χ3n) is 3.61. The molecule has 0 aliphatic heterocycles. The molecular weight excluding hydrogens is 268 g/mol. The Morgan fingerprint density at radius 3 is 2.33 bits per heavy atom. The number of benzene rings is 1. The molecule has 0 aliphatic rings. The normalized spacial score (nSPS) is 11.0. The molecule has 0 aromatic heterocycles. The molecule has 0 saturated carbocycles. The maximum Gasteiger partial charge on any atom is 0.280 e. The minimum Gasteiger partial charge on any atom is -0.368 e. The van der Waals surface area contributed by atoms with Gasteiger partial charge >= 0.3 is 0 Å². The molecule has 5 heteroatoms. The maximum atomic E-state index is 11.1. The fourth-order valence-corrected chi connectivity index (χ4v) is 2.57. The van der Waals surface area contributed by atoms with Gasteiger partial charge in [-0.25, -0.2) is 0 Å². The Morgan fingerprint density at radius 2 is 1.90 bits per heavy atom. The van der Waals surface area contributed by atoms with Gasteiger partial charge in [0, 0.05) is 24.3 Å². The molecule has 1 aromatic carbocycles. The molecule has 0 spiro atoms. The summed E-state index contributed by atoms with van der Waals surface area (Å²) in [5.74, 6) is 0.473. The summed E-state index contributed by atoms with van der Waals surface area (Å²) < 4.78 is 0. The lowest BCUT2D eigenvalue weighted by molar-refractivity contribution is -0.385. The topological polar surface area (TPSA) is 63.4 Å². The fraction of sp³-hybridized carbons (Fsp3) is 0.562. The van der Waals surface area contributed by atoms with Crippen molar-refractivity contribution in [3.8, 4) is 0 Å². The number of nitrogens with zero attached hydrogens (tertiary/aromatic N) is 2. The smallest absolute Gasteiger partial charge is 0.280 e. The highest BCUT2D eigenvalue weighted by molar-refractivity contribution is 5.83. The van der Waals surface area contributed by atoms with Gasteiger partial charge in [0.15, 0.2) is 6.29 Å². The Hall–Kier alpha value is -1.91. The number of anilines is 1. The van der Waals surface area contributed by atoms with Crippen molar-refractivity contribution in [1.29, 1.82) is 0 Å². The second-order valence-electron chi connectivity index (χ2n) is 5.63. The maximum absolute atomic E-state index is 11.1. The van der Waals surface area contributed by atoms with Gasteiger partial charge in [0.1, 0.15) is 0 Å². The number of carbonyl (C=O) groups excluding carboxylic acids is 1. The summed E-state index contributed by atoms with van der Waals surface area (Å²) >= 11 is 0. The molecule has 0 amide bonds. The van der Waals surface area contributed by atoms with E-state index in [1.54, 1.807) is 12.1 Å². The van der Waals surface area contributed by atoms with E-state index >= 15 is 0 Å². The minimum atomic E-state index is -0.516. The standard InChI is InChI=1S/C16H24N2O3/c1-5-14(6-2)17(10-12(3)4)15-7-8-16(18(20)21)13(9-15)11-19/h7-9,11-12,14H,5-6,10H2,1-4H3. The summed E-state index contributed by atoms with van der Waals surface area (Å²) in [4.78, 5) is 23.8. The van der Waals surface area contributed by atoms with Crippen LogP contribution in [0.3, 0.4) is 0 Å². The summed E-state index contributed by atoms with van der Waals surface area (Å²) in [6.07, 6.45) is 2.55. The number of nitro groups is 1. The average Bonchev–Trinajstić information content (AvgIpc) is 2.46. The van der Waals surface area contributed by atoms with Gasteiger partial charge < -0.3 is 4.90 Å². The lowest BCUT2D eigenvalue weighted by atomic mass is 10.0. The van der Waals surface area contributed by atoms with Crippen molar-refractivity contribution in [1.82, 2.24) is 0 Å². The molecule has 116 valence electrons. The van der Waals surface area contributed by atoms with Crippen LogP contribution in [-0.4, -0.2) is 23.8 Å². The lowest BCUT2D eigenvalue weighted by Crippen LogP contribution is -2.37. The van der Waals surface area contributed by atoms with Crippen molar-refractivity contribution < 1.29 is 9.72 Å². The van der Waals surface area contributed by atoms with Crippen molar-refractivity contribution >= 4 is 17.7 Å². The van der Waals surface area contributed by atoms with Gasteiger partial charge in [-0.05, 0) is 30.9 Å². The zero-order valence-corrected chi connectivity index (χ0v) is 13.2. The van der Waals surface area contributed by atoms with Crippen LogP contribution in [0.1, 0.15) is 50.9 Å². The van der Waals surface area contributed by atoms with Crippen molar-refractivity contribution in [2.24, 2.45) is 5.92 Å². The third-order valence-corrected chi connectivity index (χ3v) is 3.61. The van der Waals surface area contributed by atoms with Gasteiger partial charge in [-0.3, -0.25) is 14.9 Å². The molecule has 0 fully saturated rings. The monoisotopic (exact) mass is 292 g/mol. The highest BCUT2D eigenvalue weighted by atomic mass is 16.6. The average molecular weight is 292 g/mol. The molecule has 5 nitrogen and oxygen atoms in total. The van der Waals surface area contributed by atoms with E-state index in [2.05, 4.69) is 32.6 Å². The number of aldehydes is 1. The molecule has 0 atom stereocenters. The Balaban J connectivity index is 3.24. The zero-order valence-electron chi connectivity index (χ0n) is 13.2. The van der Waals surface area contributed by atoms with Crippen LogP contribution < -0.4 is 4.90 Å². The Kier molecular flexibility index (Phi) is 6.34. The molecule has 0 saturated heterocycles. The van der Waals surface area contributed by atoms with Gasteiger partial charge in [-0.1, -0.05) is 27.7 Å². The lowest BCUT2D eigenvalue weighted by Gasteiger charge is -2.34. The Labute approximate surface area is 126 Å². The van der Waals surface area contributed by atoms with E-state index in [4.69, 9.17) is 0 Å². The molecule has 1 aromatic rings. The second kappa shape index (κ2) is 7.76. The SMILES string of the molecule is CCC(CC)N(CC(C)C)c1ccc([N+](=O)[O-])c(C=O)c1. The van der Waals surface area contributed by atoms with Crippen LogP contribution in [0.2, 0.25) is 0 Å². The van der Waals surface area contributed by atoms with Crippen LogP contribution in [0.5, 0.6) is 0 Å². The first kappa shape index (κ1) is 17.1. The first-order valence-electron chi connectivity index (χ1n) is 7.44. The van der Waals surface area contributed by atoms with Crippen LogP contribution in [0.25, 0.3) is 0 Å². The van der Waals surface area contributed by atoms with E-state index in [1.165, 1.54) is 6.07 Å². The second-order valence-corrected chi connectivity index (χ2v) is 5.63. The van der Waals surface area contributed by atoms with Gasteiger partial charge in [-0.15, -0.1) is 0 Å². The molecule has 0 aliphatic carbocycles. The Bertz CT molecular complexity index is 496. The van der Waals surface area contributed by atoms with Crippen molar-refractivity contribution in [3.05, 3.63) is 33.9 Å². The number of hydrogen-bond donors (Lipinski definition) is 0. The first-order chi connectivity index (χ1) is 9.94. The van der Waals surface area contributed by atoms with Crippen molar-refractivity contribution in [2.45, 2.75) is 46.6 Å². The van der Waals surface area contributed by atoms with Crippen LogP contribution in [0, 0.1) is 16.0 Å². The number of carbonyl (C=O) groups is 1. The number of hydrogen-bond acceptors (Lipinski definition) is 4. The van der Waals surface area contributed by atoms with Crippen LogP contribution in [-0.2, 0) is 0 Å². The predicted octanol–water partition coefficient (Wildman–Crippen LogP) is 4.06. The van der Waals surface area contributed by atoms with E-state index in [-0.39, 0.29) is 11.3 Å². The molecule has 0 heterocycles. The molecule has 0 bridgehead atoms. The minimum absolute atomic E-state index is 0.136. The summed E-state index contributed by atoms with van der Waals surface area (Å²) in [7, 11) is 0. The number of rotatable bonds is 8. The van der Waals surface area contributed by atoms with Crippen molar-refractivity contribution in [2.75, 3.05) is 11.4 Å². The molecule has 1 rings (SSSR count). The highest BCUT2D eigenvalue weighted by Crippen LogP contribution is 2.27. The van der Waals surface area contributed by atoms with Gasteiger partial charge in [-0.2, -0.15) is 0 Å². The van der Waals surface area contributed by atoms with E-state index in [9.17, 15) is 14.9 Å². The van der Waals surface area contributed by atoms with E-state index in [0.29, 0.717) is 18.2 Å². The predicted molar refractivity (Wildman–Crippen MR) is 85.0 cm³/mol. The summed E-state index contributed by atoms with van der Waals surface area (Å²) in [5.41, 5.74) is 0.880. The van der Waals surface area contributed by atoms with Gasteiger partial charge in [0.25, 0.3) is 5.69 Å². The fourth-order valence-electron chi connectivity index (χ4n) is 2.57. The molecular formula is C16H24N2O3. The first-order valence-corrected chi connectivity index (χ1v) is 7.44. The zero-order chi connectivity index (χ0) is 16.0.